The Morgan fingerprint density at radius 2 is 2.05 bits per heavy atom. The van der Waals surface area contributed by atoms with Crippen LogP contribution in [0.3, 0.4) is 0 Å². The van der Waals surface area contributed by atoms with Gasteiger partial charge in [0.05, 0.1) is 6.54 Å². The van der Waals surface area contributed by atoms with E-state index in [-0.39, 0.29) is 18.6 Å². The van der Waals surface area contributed by atoms with Crippen LogP contribution in [0.5, 0.6) is 0 Å². The van der Waals surface area contributed by atoms with E-state index in [1.165, 1.54) is 5.56 Å². The summed E-state index contributed by atoms with van der Waals surface area (Å²) in [7, 11) is 2.10. The molecule has 2 rings (SSSR count). The van der Waals surface area contributed by atoms with Crippen LogP contribution < -0.4 is 16.4 Å². The van der Waals surface area contributed by atoms with Gasteiger partial charge in [-0.05, 0) is 37.9 Å². The molecule has 1 fully saturated rings. The highest BCUT2D eigenvalue weighted by atomic mass is 16.2. The summed E-state index contributed by atoms with van der Waals surface area (Å²) < 4.78 is 0. The highest BCUT2D eigenvalue weighted by Gasteiger charge is 2.29. The minimum absolute atomic E-state index is 0.101. The number of hydrogen-bond donors (Lipinski definition) is 3. The first-order valence-corrected chi connectivity index (χ1v) is 7.59. The molecular weight excluding hydrogens is 280 g/mol. The Bertz CT molecular complexity index is 506. The van der Waals surface area contributed by atoms with Crippen LogP contribution in [0.15, 0.2) is 30.3 Å². The molecule has 0 aliphatic carbocycles. The molecule has 120 valence electrons. The van der Waals surface area contributed by atoms with E-state index in [1.807, 2.05) is 18.2 Å². The van der Waals surface area contributed by atoms with Gasteiger partial charge in [0, 0.05) is 12.6 Å². The second-order valence-electron chi connectivity index (χ2n) is 5.90. The van der Waals surface area contributed by atoms with Gasteiger partial charge in [-0.2, -0.15) is 0 Å². The summed E-state index contributed by atoms with van der Waals surface area (Å²) in [5.74, 6) is -0.195. The Hall–Kier alpha value is -2.08. The molecule has 1 aromatic carbocycles. The lowest BCUT2D eigenvalue weighted by atomic mass is 9.87. The van der Waals surface area contributed by atoms with Crippen LogP contribution in [-0.2, 0) is 11.2 Å². The van der Waals surface area contributed by atoms with E-state index in [0.29, 0.717) is 5.92 Å². The number of likely N-dealkylation sites (tertiary alicyclic amines) is 1. The van der Waals surface area contributed by atoms with E-state index in [0.717, 1.165) is 25.9 Å². The Kier molecular flexibility index (Phi) is 5.77. The van der Waals surface area contributed by atoms with E-state index in [1.54, 1.807) is 0 Å². The maximum Gasteiger partial charge on any atom is 0.315 e. The maximum absolute atomic E-state index is 11.9. The third-order valence-electron chi connectivity index (χ3n) is 4.02. The van der Waals surface area contributed by atoms with Gasteiger partial charge < -0.3 is 21.3 Å². The van der Waals surface area contributed by atoms with Gasteiger partial charge in [-0.25, -0.2) is 4.79 Å². The third kappa shape index (κ3) is 5.04. The largest absolute Gasteiger partial charge is 0.368 e. The quantitative estimate of drug-likeness (QED) is 0.733. The molecule has 0 aromatic heterocycles. The monoisotopic (exact) mass is 304 g/mol. The summed E-state index contributed by atoms with van der Waals surface area (Å²) in [5.41, 5.74) is 6.30. The zero-order valence-electron chi connectivity index (χ0n) is 12.9. The molecule has 22 heavy (non-hydrogen) atoms. The predicted molar refractivity (Wildman–Crippen MR) is 85.3 cm³/mol. The summed E-state index contributed by atoms with van der Waals surface area (Å²) in [5, 5.41) is 5.47. The van der Waals surface area contributed by atoms with Crippen LogP contribution in [0.25, 0.3) is 0 Å². The summed E-state index contributed by atoms with van der Waals surface area (Å²) in [6, 6.07) is 10.1. The van der Waals surface area contributed by atoms with Crippen LogP contribution >= 0.6 is 0 Å². The lowest BCUT2D eigenvalue weighted by molar-refractivity contribution is -0.117. The lowest BCUT2D eigenvalue weighted by Crippen LogP contribution is -2.53. The number of carbonyl (C=O) groups excluding carboxylic acids is 2. The number of carbonyl (C=O) groups is 2. The normalized spacial score (nSPS) is 22.0. The van der Waals surface area contributed by atoms with E-state index >= 15 is 0 Å². The number of benzene rings is 1. The topological polar surface area (TPSA) is 87.5 Å². The molecule has 6 heteroatoms. The van der Waals surface area contributed by atoms with Gasteiger partial charge in [-0.3, -0.25) is 4.79 Å². The molecule has 4 N–H and O–H groups in total. The number of rotatable bonds is 5. The Morgan fingerprint density at radius 1 is 1.32 bits per heavy atom. The van der Waals surface area contributed by atoms with Crippen molar-refractivity contribution < 1.29 is 9.59 Å². The summed E-state index contributed by atoms with van der Waals surface area (Å²) in [4.78, 5) is 24.9. The van der Waals surface area contributed by atoms with E-state index < -0.39 is 5.91 Å². The third-order valence-corrected chi connectivity index (χ3v) is 4.02. The smallest absolute Gasteiger partial charge is 0.315 e. The van der Waals surface area contributed by atoms with Crippen molar-refractivity contribution in [2.24, 2.45) is 11.7 Å². The molecule has 0 radical (unpaired) electrons. The highest BCUT2D eigenvalue weighted by Crippen LogP contribution is 2.20. The molecule has 1 saturated heterocycles. The summed E-state index contributed by atoms with van der Waals surface area (Å²) >= 11 is 0. The molecule has 1 aliphatic rings. The standard InChI is InChI=1S/C16H24N4O2/c1-20-8-7-14(19-16(22)18-10-15(17)21)13(11-20)9-12-5-3-2-4-6-12/h2-6,13-14H,7-11H2,1H3,(H2,17,21)(H2,18,19,22)/t13-,14+/m0/s1. The molecule has 0 saturated carbocycles. The number of hydrogen-bond acceptors (Lipinski definition) is 3. The second-order valence-corrected chi connectivity index (χ2v) is 5.90. The molecule has 1 aliphatic heterocycles. The maximum atomic E-state index is 11.9. The number of nitrogens with one attached hydrogen (secondary N) is 2. The predicted octanol–water partition coefficient (Wildman–Crippen LogP) is 0.334. The van der Waals surface area contributed by atoms with Gasteiger partial charge in [0.1, 0.15) is 0 Å². The number of nitrogens with two attached hydrogens (primary N) is 1. The van der Waals surface area contributed by atoms with E-state index in [2.05, 4.69) is 34.7 Å². The van der Waals surface area contributed by atoms with Crippen molar-refractivity contribution in [3.8, 4) is 0 Å². The van der Waals surface area contributed by atoms with Gasteiger partial charge >= 0.3 is 6.03 Å². The second kappa shape index (κ2) is 7.79. The fraction of sp³-hybridized carbons (Fsp3) is 0.500. The average molecular weight is 304 g/mol. The molecule has 3 amide bonds. The zero-order chi connectivity index (χ0) is 15.9. The minimum Gasteiger partial charge on any atom is -0.368 e. The molecule has 1 aromatic rings. The van der Waals surface area contributed by atoms with Crippen LogP contribution in [0, 0.1) is 5.92 Å². The first kappa shape index (κ1) is 16.3. The molecule has 1 heterocycles. The van der Waals surface area contributed by atoms with Crippen molar-refractivity contribution in [1.29, 1.82) is 0 Å². The molecule has 0 bridgehead atoms. The van der Waals surface area contributed by atoms with Gasteiger partial charge in [0.15, 0.2) is 0 Å². The number of amides is 3. The van der Waals surface area contributed by atoms with Crippen molar-refractivity contribution >= 4 is 11.9 Å². The van der Waals surface area contributed by atoms with Crippen LogP contribution in [0.2, 0.25) is 0 Å². The number of nitrogens with zero attached hydrogens (tertiary/aromatic N) is 1. The molecule has 2 atom stereocenters. The Morgan fingerprint density at radius 3 is 2.73 bits per heavy atom. The van der Waals surface area contributed by atoms with Crippen molar-refractivity contribution in [2.45, 2.75) is 18.9 Å². The van der Waals surface area contributed by atoms with Gasteiger partial charge in [-0.15, -0.1) is 0 Å². The van der Waals surface area contributed by atoms with Crippen molar-refractivity contribution in [3.05, 3.63) is 35.9 Å². The van der Waals surface area contributed by atoms with Gasteiger partial charge in [-0.1, -0.05) is 30.3 Å². The Balaban J connectivity index is 1.94. The van der Waals surface area contributed by atoms with Gasteiger partial charge in [0.2, 0.25) is 5.91 Å². The number of primary amides is 1. The molecule has 0 unspecified atom stereocenters. The van der Waals surface area contributed by atoms with E-state index in [4.69, 9.17) is 5.73 Å². The Labute approximate surface area is 131 Å². The van der Waals surface area contributed by atoms with Crippen molar-refractivity contribution in [1.82, 2.24) is 15.5 Å². The highest BCUT2D eigenvalue weighted by molar-refractivity contribution is 5.82. The summed E-state index contributed by atoms with van der Waals surface area (Å²) in [6.07, 6.45) is 1.82. The molecule has 6 nitrogen and oxygen atoms in total. The SMILES string of the molecule is CN1CC[C@@H](NC(=O)NCC(N)=O)[C@@H](Cc2ccccc2)C1. The fourth-order valence-electron chi connectivity index (χ4n) is 2.91. The van der Waals surface area contributed by atoms with E-state index in [9.17, 15) is 9.59 Å². The minimum atomic E-state index is -0.542. The summed E-state index contributed by atoms with van der Waals surface area (Å²) in [6.45, 7) is 1.75. The average Bonchev–Trinajstić information content (AvgIpc) is 2.49. The fourth-order valence-corrected chi connectivity index (χ4v) is 2.91. The van der Waals surface area contributed by atoms with Crippen molar-refractivity contribution in [2.75, 3.05) is 26.7 Å². The number of urea groups is 1. The molecule has 0 spiro atoms. The van der Waals surface area contributed by atoms with Crippen molar-refractivity contribution in [3.63, 3.8) is 0 Å². The first-order chi connectivity index (χ1) is 10.5. The van der Waals surface area contributed by atoms with Gasteiger partial charge in [0.25, 0.3) is 0 Å². The first-order valence-electron chi connectivity index (χ1n) is 7.59. The zero-order valence-corrected chi connectivity index (χ0v) is 12.9. The van der Waals surface area contributed by atoms with Crippen LogP contribution in [0.1, 0.15) is 12.0 Å². The number of piperidine rings is 1. The molecular formula is C16H24N4O2. The van der Waals surface area contributed by atoms with Crippen LogP contribution in [0.4, 0.5) is 4.79 Å². The van der Waals surface area contributed by atoms with Crippen LogP contribution in [-0.4, -0.2) is 49.6 Å². The lowest BCUT2D eigenvalue weighted by Gasteiger charge is -2.37.